The minimum Gasteiger partial charge on any atom is -0.367 e. The summed E-state index contributed by atoms with van der Waals surface area (Å²) >= 11 is 0. The Morgan fingerprint density at radius 3 is 2.52 bits per heavy atom. The summed E-state index contributed by atoms with van der Waals surface area (Å²) in [6.45, 7) is 10.7. The van der Waals surface area contributed by atoms with Crippen LogP contribution in [0.2, 0.25) is 0 Å². The summed E-state index contributed by atoms with van der Waals surface area (Å²) in [5, 5.41) is 7.59. The maximum atomic E-state index is 13.7. The molecule has 0 bridgehead atoms. The Morgan fingerprint density at radius 1 is 1.30 bits per heavy atom. The van der Waals surface area contributed by atoms with Crippen LogP contribution in [0.25, 0.3) is 0 Å². The lowest BCUT2D eigenvalue weighted by Gasteiger charge is -2.39. The number of nitrogens with one attached hydrogen (secondary N) is 1. The van der Waals surface area contributed by atoms with Crippen molar-refractivity contribution in [3.05, 3.63) is 11.8 Å². The summed E-state index contributed by atoms with van der Waals surface area (Å²) in [7, 11) is 0. The van der Waals surface area contributed by atoms with Gasteiger partial charge in [-0.3, -0.25) is 4.79 Å². The van der Waals surface area contributed by atoms with Gasteiger partial charge in [0.2, 0.25) is 5.91 Å². The van der Waals surface area contributed by atoms with E-state index in [0.29, 0.717) is 24.6 Å². The first-order valence-electron chi connectivity index (χ1n) is 9.59. The average molecular weight is 386 g/mol. The van der Waals surface area contributed by atoms with Crippen molar-refractivity contribution in [3.8, 4) is 0 Å². The zero-order chi connectivity index (χ0) is 20.1. The van der Waals surface area contributed by atoms with Crippen molar-refractivity contribution in [2.24, 2.45) is 11.3 Å². The molecule has 8 heteroatoms. The molecule has 0 saturated carbocycles. The number of hydrogen-bond donors (Lipinski definition) is 1. The Labute approximate surface area is 158 Å². The number of carbonyl (C=O) groups is 1. The fraction of sp³-hybridized carbons (Fsp3) is 0.789. The van der Waals surface area contributed by atoms with Gasteiger partial charge in [0.25, 0.3) is 0 Å². The van der Waals surface area contributed by atoms with E-state index in [1.165, 1.54) is 0 Å². The normalized spacial score (nSPS) is 26.3. The highest BCUT2D eigenvalue weighted by atomic mass is 19.4. The molecule has 1 N–H and O–H groups in total. The molecule has 27 heavy (non-hydrogen) atoms. The van der Waals surface area contributed by atoms with Gasteiger partial charge in [0, 0.05) is 37.0 Å². The third kappa shape index (κ3) is 3.94. The fourth-order valence-electron chi connectivity index (χ4n) is 3.93. The van der Waals surface area contributed by atoms with E-state index in [4.69, 9.17) is 0 Å². The highest BCUT2D eigenvalue weighted by molar-refractivity contribution is 5.78. The van der Waals surface area contributed by atoms with Crippen molar-refractivity contribution in [2.45, 2.75) is 71.6 Å². The third-order valence-electron chi connectivity index (χ3n) is 5.67. The number of alkyl halides is 3. The van der Waals surface area contributed by atoms with E-state index in [0.717, 1.165) is 11.1 Å². The van der Waals surface area contributed by atoms with Crippen LogP contribution in [-0.4, -0.2) is 45.9 Å². The second kappa shape index (κ2) is 6.71. The van der Waals surface area contributed by atoms with Crippen LogP contribution in [0.3, 0.4) is 0 Å². The van der Waals surface area contributed by atoms with Gasteiger partial charge in [0.1, 0.15) is 5.82 Å². The minimum atomic E-state index is -4.35. The molecule has 1 amide bonds. The average Bonchev–Trinajstić information content (AvgIpc) is 3.17. The second-order valence-electron chi connectivity index (χ2n) is 9.18. The van der Waals surface area contributed by atoms with E-state index >= 15 is 0 Å². The lowest BCUT2D eigenvalue weighted by molar-refractivity contribution is -0.175. The summed E-state index contributed by atoms with van der Waals surface area (Å²) in [5.74, 6) is 0.407. The molecule has 3 rings (SSSR count). The van der Waals surface area contributed by atoms with E-state index in [-0.39, 0.29) is 35.6 Å². The van der Waals surface area contributed by atoms with E-state index in [1.807, 2.05) is 34.6 Å². The first-order valence-corrected chi connectivity index (χ1v) is 9.59. The van der Waals surface area contributed by atoms with Gasteiger partial charge in [-0.2, -0.15) is 18.3 Å². The predicted molar refractivity (Wildman–Crippen MR) is 97.6 cm³/mol. The van der Waals surface area contributed by atoms with Gasteiger partial charge in [0.05, 0.1) is 5.69 Å². The van der Waals surface area contributed by atoms with Crippen molar-refractivity contribution in [1.82, 2.24) is 14.7 Å². The Kier molecular flexibility index (Phi) is 4.97. The Balaban J connectivity index is 1.86. The second-order valence-corrected chi connectivity index (χ2v) is 9.18. The SMILES string of the molecule is CC(C)C(=O)N1CCC(c2cc3n(n2)C(C(F)(F)F)CC(C(C)(C)C)N3)C1. The Bertz CT molecular complexity index is 705. The third-order valence-corrected chi connectivity index (χ3v) is 5.67. The number of rotatable bonds is 2. The fourth-order valence-corrected chi connectivity index (χ4v) is 3.93. The summed E-state index contributed by atoms with van der Waals surface area (Å²) in [6, 6.07) is -0.171. The van der Waals surface area contributed by atoms with Crippen LogP contribution < -0.4 is 5.32 Å². The molecule has 0 aliphatic carbocycles. The number of anilines is 1. The minimum absolute atomic E-state index is 0.0189. The summed E-state index contributed by atoms with van der Waals surface area (Å²) < 4.78 is 42.2. The predicted octanol–water partition coefficient (Wildman–Crippen LogP) is 4.19. The molecular formula is C19H29F3N4O. The van der Waals surface area contributed by atoms with Crippen LogP contribution in [0.1, 0.15) is 65.1 Å². The molecule has 3 atom stereocenters. The number of halogens is 3. The first-order chi connectivity index (χ1) is 12.4. The number of amides is 1. The number of carbonyl (C=O) groups excluding carboxylic acids is 1. The number of nitrogens with zero attached hydrogens (tertiary/aromatic N) is 3. The largest absolute Gasteiger partial charge is 0.410 e. The van der Waals surface area contributed by atoms with Crippen molar-refractivity contribution in [1.29, 1.82) is 0 Å². The quantitative estimate of drug-likeness (QED) is 0.829. The van der Waals surface area contributed by atoms with Crippen LogP contribution in [0, 0.1) is 11.3 Å². The molecule has 3 heterocycles. The molecule has 1 aromatic heterocycles. The standard InChI is InChI=1S/C19H29F3N4O/c1-11(2)17(27)25-7-6-12(10-25)13-8-16-23-14(18(3,4)5)9-15(19(20,21)22)26(16)24-13/h8,11-12,14-15,23H,6-7,9-10H2,1-5H3. The highest BCUT2D eigenvalue weighted by Gasteiger charge is 2.48. The molecule has 2 aliphatic heterocycles. The van der Waals surface area contributed by atoms with Crippen molar-refractivity contribution >= 4 is 11.7 Å². The first kappa shape index (κ1) is 20.0. The number of likely N-dealkylation sites (tertiary alicyclic amines) is 1. The van der Waals surface area contributed by atoms with E-state index in [1.54, 1.807) is 11.0 Å². The van der Waals surface area contributed by atoms with Crippen LogP contribution in [0.4, 0.5) is 19.0 Å². The van der Waals surface area contributed by atoms with Gasteiger partial charge in [0.15, 0.2) is 6.04 Å². The zero-order valence-electron chi connectivity index (χ0n) is 16.6. The molecule has 1 aromatic rings. The zero-order valence-corrected chi connectivity index (χ0v) is 16.6. The number of aromatic nitrogens is 2. The molecule has 2 aliphatic rings. The van der Waals surface area contributed by atoms with E-state index in [9.17, 15) is 18.0 Å². The number of hydrogen-bond acceptors (Lipinski definition) is 3. The van der Waals surface area contributed by atoms with E-state index < -0.39 is 12.2 Å². The topological polar surface area (TPSA) is 50.2 Å². The van der Waals surface area contributed by atoms with Crippen molar-refractivity contribution < 1.29 is 18.0 Å². The van der Waals surface area contributed by atoms with E-state index in [2.05, 4.69) is 10.4 Å². The summed E-state index contributed by atoms with van der Waals surface area (Å²) in [5.41, 5.74) is 0.341. The van der Waals surface area contributed by atoms with Gasteiger partial charge in [-0.1, -0.05) is 34.6 Å². The van der Waals surface area contributed by atoms with Crippen molar-refractivity contribution in [2.75, 3.05) is 18.4 Å². The molecular weight excluding hydrogens is 357 g/mol. The Hall–Kier alpha value is -1.73. The molecule has 5 nitrogen and oxygen atoms in total. The summed E-state index contributed by atoms with van der Waals surface area (Å²) in [4.78, 5) is 14.0. The lowest BCUT2D eigenvalue weighted by atomic mass is 9.82. The lowest BCUT2D eigenvalue weighted by Crippen LogP contribution is -2.44. The molecule has 1 fully saturated rings. The van der Waals surface area contributed by atoms with Gasteiger partial charge >= 0.3 is 6.18 Å². The van der Waals surface area contributed by atoms with Crippen LogP contribution >= 0.6 is 0 Å². The molecule has 152 valence electrons. The monoisotopic (exact) mass is 386 g/mol. The maximum Gasteiger partial charge on any atom is 0.410 e. The molecule has 0 aromatic carbocycles. The van der Waals surface area contributed by atoms with Gasteiger partial charge in [-0.05, 0) is 18.3 Å². The van der Waals surface area contributed by atoms with Gasteiger partial charge in [-0.15, -0.1) is 0 Å². The molecule has 1 saturated heterocycles. The van der Waals surface area contributed by atoms with Gasteiger partial charge < -0.3 is 10.2 Å². The van der Waals surface area contributed by atoms with Crippen LogP contribution in [-0.2, 0) is 4.79 Å². The summed E-state index contributed by atoms with van der Waals surface area (Å²) in [6.07, 6.45) is -3.66. The van der Waals surface area contributed by atoms with Crippen LogP contribution in [0.5, 0.6) is 0 Å². The molecule has 3 unspecified atom stereocenters. The Morgan fingerprint density at radius 2 is 1.96 bits per heavy atom. The smallest absolute Gasteiger partial charge is 0.367 e. The molecule has 0 spiro atoms. The van der Waals surface area contributed by atoms with Crippen molar-refractivity contribution in [3.63, 3.8) is 0 Å². The highest BCUT2D eigenvalue weighted by Crippen LogP contribution is 2.44. The number of fused-ring (bicyclic) bond motifs is 1. The molecule has 0 radical (unpaired) electrons. The maximum absolute atomic E-state index is 13.7. The van der Waals surface area contributed by atoms with Gasteiger partial charge in [-0.25, -0.2) is 4.68 Å². The van der Waals surface area contributed by atoms with Crippen LogP contribution in [0.15, 0.2) is 6.07 Å².